The second-order valence-corrected chi connectivity index (χ2v) is 7.71. The fraction of sp³-hybridized carbons (Fsp3) is 0.846. The topological polar surface area (TPSA) is 69.6 Å². The van der Waals surface area contributed by atoms with Gasteiger partial charge < -0.3 is 15.3 Å². The van der Waals surface area contributed by atoms with Crippen LogP contribution in [0.4, 0.5) is 4.79 Å². The number of aliphatic carboxylic acids is 1. The molecule has 0 spiro atoms. The number of carbonyl (C=O) groups excluding carboxylic acids is 1. The van der Waals surface area contributed by atoms with Crippen molar-refractivity contribution in [2.75, 3.05) is 25.4 Å². The van der Waals surface area contributed by atoms with E-state index in [9.17, 15) is 14.7 Å². The summed E-state index contributed by atoms with van der Waals surface area (Å²) in [4.78, 5) is 25.0. The molecule has 1 aliphatic rings. The van der Waals surface area contributed by atoms with E-state index in [-0.39, 0.29) is 17.3 Å². The summed E-state index contributed by atoms with van der Waals surface area (Å²) < 4.78 is 0.0659. The molecule has 6 heteroatoms. The van der Waals surface area contributed by atoms with E-state index < -0.39 is 11.4 Å². The molecule has 2 N–H and O–H groups in total. The Morgan fingerprint density at radius 3 is 2.58 bits per heavy atom. The van der Waals surface area contributed by atoms with Crippen molar-refractivity contribution < 1.29 is 14.7 Å². The van der Waals surface area contributed by atoms with Gasteiger partial charge in [-0.15, -0.1) is 0 Å². The molecular weight excluding hydrogens is 264 g/mol. The van der Waals surface area contributed by atoms with E-state index in [4.69, 9.17) is 0 Å². The molecule has 1 saturated heterocycles. The van der Waals surface area contributed by atoms with Gasteiger partial charge in [-0.1, -0.05) is 6.92 Å². The van der Waals surface area contributed by atoms with Crippen LogP contribution in [0.25, 0.3) is 0 Å². The number of carboxylic acid groups (broad SMARTS) is 1. The van der Waals surface area contributed by atoms with Crippen molar-refractivity contribution in [2.24, 2.45) is 5.41 Å². The molecule has 0 radical (unpaired) electrons. The molecule has 0 bridgehead atoms. The van der Waals surface area contributed by atoms with Gasteiger partial charge in [0.25, 0.3) is 0 Å². The molecule has 2 amide bonds. The molecule has 0 aromatic heterocycles. The molecular formula is C13H24N2O3S. The average Bonchev–Trinajstić information content (AvgIpc) is 2.34. The second kappa shape index (κ2) is 6.03. The maximum Gasteiger partial charge on any atom is 0.317 e. The van der Waals surface area contributed by atoms with Crippen molar-refractivity contribution in [2.45, 2.75) is 38.9 Å². The normalized spacial score (nSPS) is 21.6. The Bertz CT molecular complexity index is 360. The summed E-state index contributed by atoms with van der Waals surface area (Å²) in [6, 6.07) is -0.158. The van der Waals surface area contributed by atoms with Crippen LogP contribution in [0.15, 0.2) is 0 Å². The van der Waals surface area contributed by atoms with Crippen LogP contribution in [0.5, 0.6) is 0 Å². The lowest BCUT2D eigenvalue weighted by Gasteiger charge is -2.38. The maximum atomic E-state index is 12.1. The molecule has 1 fully saturated rings. The van der Waals surface area contributed by atoms with Crippen LogP contribution < -0.4 is 5.32 Å². The lowest BCUT2D eigenvalue weighted by Crippen LogP contribution is -2.52. The average molecular weight is 288 g/mol. The van der Waals surface area contributed by atoms with E-state index in [1.54, 1.807) is 11.8 Å². The minimum atomic E-state index is -0.893. The van der Waals surface area contributed by atoms with Crippen LogP contribution in [0.1, 0.15) is 34.1 Å². The fourth-order valence-electron chi connectivity index (χ4n) is 1.92. The molecule has 0 aliphatic carbocycles. The van der Waals surface area contributed by atoms with E-state index in [1.165, 1.54) is 0 Å². The minimum Gasteiger partial charge on any atom is -0.481 e. The first-order valence-electron chi connectivity index (χ1n) is 6.60. The van der Waals surface area contributed by atoms with E-state index in [0.717, 1.165) is 12.3 Å². The molecule has 19 heavy (non-hydrogen) atoms. The van der Waals surface area contributed by atoms with E-state index in [2.05, 4.69) is 19.2 Å². The molecule has 110 valence electrons. The molecule has 0 aromatic rings. The zero-order valence-electron chi connectivity index (χ0n) is 12.2. The van der Waals surface area contributed by atoms with Gasteiger partial charge in [-0.05, 0) is 27.2 Å². The SMILES string of the molecule is CCC(C)(CNC(=O)N1CCSC(C)(C)C1)C(=O)O. The molecule has 5 nitrogen and oxygen atoms in total. The Morgan fingerprint density at radius 1 is 1.47 bits per heavy atom. The summed E-state index contributed by atoms with van der Waals surface area (Å²) in [7, 11) is 0. The van der Waals surface area contributed by atoms with Crippen LogP contribution in [-0.2, 0) is 4.79 Å². The number of thioether (sulfide) groups is 1. The van der Waals surface area contributed by atoms with Gasteiger partial charge in [0.15, 0.2) is 0 Å². The summed E-state index contributed by atoms with van der Waals surface area (Å²) in [5, 5.41) is 11.9. The van der Waals surface area contributed by atoms with Crippen molar-refractivity contribution in [3.05, 3.63) is 0 Å². The molecule has 1 rings (SSSR count). The number of rotatable bonds is 4. The fourth-order valence-corrected chi connectivity index (χ4v) is 3.04. The summed E-state index contributed by atoms with van der Waals surface area (Å²) in [5.74, 6) is 0.0505. The minimum absolute atomic E-state index is 0.0659. The summed E-state index contributed by atoms with van der Waals surface area (Å²) in [6.45, 7) is 9.29. The number of carboxylic acids is 1. The predicted molar refractivity (Wildman–Crippen MR) is 77.5 cm³/mol. The summed E-state index contributed by atoms with van der Waals surface area (Å²) in [6.07, 6.45) is 0.490. The van der Waals surface area contributed by atoms with Crippen LogP contribution in [-0.4, -0.2) is 52.1 Å². The Labute approximate surface area is 119 Å². The number of nitrogens with zero attached hydrogens (tertiary/aromatic N) is 1. The van der Waals surface area contributed by atoms with Gasteiger partial charge in [0.05, 0.1) is 5.41 Å². The molecule has 0 aromatic carbocycles. The summed E-state index contributed by atoms with van der Waals surface area (Å²) >= 11 is 1.86. The number of amides is 2. The highest BCUT2D eigenvalue weighted by molar-refractivity contribution is 8.00. The number of hydrogen-bond acceptors (Lipinski definition) is 3. The van der Waals surface area contributed by atoms with Gasteiger partial charge in [-0.25, -0.2) is 4.79 Å². The van der Waals surface area contributed by atoms with Gasteiger partial charge in [0, 0.05) is 30.1 Å². The smallest absolute Gasteiger partial charge is 0.317 e. The Morgan fingerprint density at radius 2 is 2.11 bits per heavy atom. The highest BCUT2D eigenvalue weighted by Crippen LogP contribution is 2.29. The third kappa shape index (κ3) is 4.30. The van der Waals surface area contributed by atoms with Crippen LogP contribution >= 0.6 is 11.8 Å². The van der Waals surface area contributed by atoms with Crippen molar-refractivity contribution in [3.63, 3.8) is 0 Å². The third-order valence-electron chi connectivity index (χ3n) is 3.64. The van der Waals surface area contributed by atoms with Crippen molar-refractivity contribution in [1.82, 2.24) is 10.2 Å². The maximum absolute atomic E-state index is 12.1. The Kier molecular flexibility index (Phi) is 5.12. The first kappa shape index (κ1) is 16.1. The molecule has 1 heterocycles. The summed E-state index contributed by atoms with van der Waals surface area (Å²) in [5.41, 5.74) is -0.893. The third-order valence-corrected chi connectivity index (χ3v) is 4.94. The van der Waals surface area contributed by atoms with Gasteiger partial charge >= 0.3 is 12.0 Å². The molecule has 1 aliphatic heterocycles. The predicted octanol–water partition coefficient (Wildman–Crippen LogP) is 2.02. The van der Waals surface area contributed by atoms with E-state index >= 15 is 0 Å². The van der Waals surface area contributed by atoms with Gasteiger partial charge in [-0.2, -0.15) is 11.8 Å². The number of nitrogens with one attached hydrogen (secondary N) is 1. The van der Waals surface area contributed by atoms with Gasteiger partial charge in [-0.3, -0.25) is 4.79 Å². The monoisotopic (exact) mass is 288 g/mol. The second-order valence-electron chi connectivity index (χ2n) is 5.91. The standard InChI is InChI=1S/C13H24N2O3S/c1-5-13(4,10(16)17)8-14-11(18)15-6-7-19-12(2,3)9-15/h5-9H2,1-4H3,(H,14,18)(H,16,17). The highest BCUT2D eigenvalue weighted by Gasteiger charge is 2.34. The van der Waals surface area contributed by atoms with E-state index in [1.807, 2.05) is 18.7 Å². The van der Waals surface area contributed by atoms with Crippen molar-refractivity contribution in [1.29, 1.82) is 0 Å². The van der Waals surface area contributed by atoms with Crippen LogP contribution in [0.3, 0.4) is 0 Å². The highest BCUT2D eigenvalue weighted by atomic mass is 32.2. The van der Waals surface area contributed by atoms with Crippen molar-refractivity contribution in [3.8, 4) is 0 Å². The molecule has 1 atom stereocenters. The van der Waals surface area contributed by atoms with E-state index in [0.29, 0.717) is 13.0 Å². The molecule has 0 saturated carbocycles. The Balaban J connectivity index is 2.54. The number of carbonyl (C=O) groups is 2. The first-order chi connectivity index (χ1) is 8.70. The van der Waals surface area contributed by atoms with Crippen LogP contribution in [0, 0.1) is 5.41 Å². The van der Waals surface area contributed by atoms with Gasteiger partial charge in [0.1, 0.15) is 0 Å². The van der Waals surface area contributed by atoms with Gasteiger partial charge in [0.2, 0.25) is 0 Å². The first-order valence-corrected chi connectivity index (χ1v) is 7.59. The zero-order chi connectivity index (χ0) is 14.7. The molecule has 1 unspecified atom stereocenters. The lowest BCUT2D eigenvalue weighted by atomic mass is 9.88. The van der Waals surface area contributed by atoms with Crippen molar-refractivity contribution >= 4 is 23.8 Å². The quantitative estimate of drug-likeness (QED) is 0.830. The number of hydrogen-bond donors (Lipinski definition) is 2. The largest absolute Gasteiger partial charge is 0.481 e. The lowest BCUT2D eigenvalue weighted by molar-refractivity contribution is -0.147. The zero-order valence-corrected chi connectivity index (χ0v) is 13.0. The Hall–Kier alpha value is -0.910. The van der Waals surface area contributed by atoms with Crippen LogP contribution in [0.2, 0.25) is 0 Å². The number of urea groups is 1.